The van der Waals surface area contributed by atoms with Gasteiger partial charge in [0.1, 0.15) is 9.88 Å². The Hall–Kier alpha value is -0.910. The topological polar surface area (TPSA) is 42.0 Å². The summed E-state index contributed by atoms with van der Waals surface area (Å²) in [5, 5.41) is 3.74. The molecule has 96 valence electrons. The van der Waals surface area contributed by atoms with Crippen LogP contribution in [0.2, 0.25) is 4.34 Å². The molecule has 0 bridgehead atoms. The molecule has 2 aromatic heterocycles. The van der Waals surface area contributed by atoms with Crippen LogP contribution in [0.1, 0.15) is 30.4 Å². The standard InChI is InChI=1S/C12H13ClN2OS2/c1-12(2,3)15-10(16)8-6-14-11(18-8)7-4-5-9(13)17-7/h4-6H,1-3H3,(H,15,16). The fourth-order valence-corrected chi connectivity index (χ4v) is 3.24. The molecule has 2 rings (SSSR count). The lowest BCUT2D eigenvalue weighted by Gasteiger charge is -2.19. The normalized spacial score (nSPS) is 11.6. The van der Waals surface area contributed by atoms with Crippen LogP contribution in [0.15, 0.2) is 18.3 Å². The summed E-state index contributed by atoms with van der Waals surface area (Å²) >= 11 is 8.72. The van der Waals surface area contributed by atoms with E-state index in [4.69, 9.17) is 11.6 Å². The monoisotopic (exact) mass is 300 g/mol. The zero-order valence-corrected chi connectivity index (χ0v) is 12.7. The third-order valence-electron chi connectivity index (χ3n) is 2.00. The number of nitrogens with one attached hydrogen (secondary N) is 1. The Morgan fingerprint density at radius 1 is 1.33 bits per heavy atom. The molecule has 2 heterocycles. The van der Waals surface area contributed by atoms with Crippen molar-refractivity contribution in [1.82, 2.24) is 10.3 Å². The molecule has 1 N–H and O–H groups in total. The Labute approximate surface area is 119 Å². The minimum atomic E-state index is -0.243. The van der Waals surface area contributed by atoms with E-state index in [2.05, 4.69) is 10.3 Å². The van der Waals surface area contributed by atoms with E-state index in [0.29, 0.717) is 4.88 Å². The van der Waals surface area contributed by atoms with E-state index >= 15 is 0 Å². The molecular formula is C12H13ClN2OS2. The summed E-state index contributed by atoms with van der Waals surface area (Å²) in [6.07, 6.45) is 1.61. The largest absolute Gasteiger partial charge is 0.347 e. The van der Waals surface area contributed by atoms with Gasteiger partial charge in [0.15, 0.2) is 0 Å². The first-order valence-electron chi connectivity index (χ1n) is 5.39. The van der Waals surface area contributed by atoms with Gasteiger partial charge in [0.2, 0.25) is 0 Å². The second kappa shape index (κ2) is 4.99. The van der Waals surface area contributed by atoms with Gasteiger partial charge in [-0.1, -0.05) is 11.6 Å². The van der Waals surface area contributed by atoms with E-state index in [1.165, 1.54) is 22.7 Å². The Morgan fingerprint density at radius 3 is 2.61 bits per heavy atom. The molecule has 3 nitrogen and oxygen atoms in total. The van der Waals surface area contributed by atoms with Crippen LogP contribution in [0.3, 0.4) is 0 Å². The average molecular weight is 301 g/mol. The number of carbonyl (C=O) groups excluding carboxylic acids is 1. The predicted octanol–water partition coefficient (Wildman–Crippen LogP) is 4.05. The molecule has 0 fully saturated rings. The highest BCUT2D eigenvalue weighted by Gasteiger charge is 2.18. The van der Waals surface area contributed by atoms with Crippen molar-refractivity contribution in [3.05, 3.63) is 27.5 Å². The molecule has 18 heavy (non-hydrogen) atoms. The minimum absolute atomic E-state index is 0.0890. The maximum Gasteiger partial charge on any atom is 0.263 e. The van der Waals surface area contributed by atoms with Crippen LogP contribution in [0, 0.1) is 0 Å². The highest BCUT2D eigenvalue weighted by molar-refractivity contribution is 7.24. The van der Waals surface area contributed by atoms with Gasteiger partial charge in [-0.2, -0.15) is 0 Å². The van der Waals surface area contributed by atoms with E-state index < -0.39 is 0 Å². The lowest BCUT2D eigenvalue weighted by molar-refractivity contribution is 0.0923. The van der Waals surface area contributed by atoms with Gasteiger partial charge in [-0.15, -0.1) is 22.7 Å². The highest BCUT2D eigenvalue weighted by Crippen LogP contribution is 2.33. The lowest BCUT2D eigenvalue weighted by Crippen LogP contribution is -2.40. The predicted molar refractivity (Wildman–Crippen MR) is 77.7 cm³/mol. The fourth-order valence-electron chi connectivity index (χ4n) is 1.32. The number of thiazole rings is 1. The van der Waals surface area contributed by atoms with Gasteiger partial charge in [-0.05, 0) is 32.9 Å². The maximum atomic E-state index is 11.9. The number of halogens is 1. The summed E-state index contributed by atoms with van der Waals surface area (Å²) in [7, 11) is 0. The first-order valence-corrected chi connectivity index (χ1v) is 7.40. The second-order valence-electron chi connectivity index (χ2n) is 4.84. The summed E-state index contributed by atoms with van der Waals surface area (Å²) in [6.45, 7) is 5.85. The average Bonchev–Trinajstić information content (AvgIpc) is 2.82. The number of thiophene rings is 1. The molecule has 0 saturated carbocycles. The van der Waals surface area contributed by atoms with Crippen LogP contribution in [0.25, 0.3) is 9.88 Å². The van der Waals surface area contributed by atoms with Crippen LogP contribution in [0.4, 0.5) is 0 Å². The number of nitrogens with zero attached hydrogens (tertiary/aromatic N) is 1. The van der Waals surface area contributed by atoms with Crippen molar-refractivity contribution in [2.75, 3.05) is 0 Å². The SMILES string of the molecule is CC(C)(C)NC(=O)c1cnc(-c2ccc(Cl)s2)s1. The smallest absolute Gasteiger partial charge is 0.263 e. The Balaban J connectivity index is 2.18. The zero-order valence-electron chi connectivity index (χ0n) is 10.3. The number of hydrogen-bond donors (Lipinski definition) is 1. The van der Waals surface area contributed by atoms with E-state index in [1.807, 2.05) is 32.9 Å². The molecule has 0 unspecified atom stereocenters. The fraction of sp³-hybridized carbons (Fsp3) is 0.333. The van der Waals surface area contributed by atoms with Crippen LogP contribution in [-0.4, -0.2) is 16.4 Å². The van der Waals surface area contributed by atoms with Crippen LogP contribution >= 0.6 is 34.3 Å². The quantitative estimate of drug-likeness (QED) is 0.909. The van der Waals surface area contributed by atoms with Crippen molar-refractivity contribution in [2.24, 2.45) is 0 Å². The van der Waals surface area contributed by atoms with Gasteiger partial charge in [0.25, 0.3) is 5.91 Å². The molecule has 2 aromatic rings. The number of carbonyl (C=O) groups is 1. The van der Waals surface area contributed by atoms with Crippen molar-refractivity contribution >= 4 is 40.2 Å². The summed E-state index contributed by atoms with van der Waals surface area (Å²) < 4.78 is 0.723. The molecule has 1 amide bonds. The Morgan fingerprint density at radius 2 is 2.06 bits per heavy atom. The van der Waals surface area contributed by atoms with Gasteiger partial charge in [-0.3, -0.25) is 4.79 Å². The van der Waals surface area contributed by atoms with Gasteiger partial charge in [-0.25, -0.2) is 4.98 Å². The summed E-state index contributed by atoms with van der Waals surface area (Å²) in [5.41, 5.74) is -0.243. The first-order chi connectivity index (χ1) is 8.35. The van der Waals surface area contributed by atoms with Crippen molar-refractivity contribution in [3.8, 4) is 9.88 Å². The van der Waals surface area contributed by atoms with Gasteiger partial charge in [0.05, 0.1) is 15.4 Å². The molecule has 0 radical (unpaired) electrons. The van der Waals surface area contributed by atoms with Crippen molar-refractivity contribution in [2.45, 2.75) is 26.3 Å². The third kappa shape index (κ3) is 3.31. The molecule has 0 aliphatic carbocycles. The van der Waals surface area contributed by atoms with Gasteiger partial charge in [0, 0.05) is 5.54 Å². The van der Waals surface area contributed by atoms with Crippen molar-refractivity contribution < 1.29 is 4.79 Å². The second-order valence-corrected chi connectivity index (χ2v) is 7.58. The zero-order chi connectivity index (χ0) is 13.3. The Kier molecular flexibility index (Phi) is 3.75. The summed E-state index contributed by atoms with van der Waals surface area (Å²) in [6, 6.07) is 3.75. The van der Waals surface area contributed by atoms with Crippen LogP contribution in [-0.2, 0) is 0 Å². The number of aromatic nitrogens is 1. The molecule has 0 saturated heterocycles. The number of hydrogen-bond acceptors (Lipinski definition) is 4. The van der Waals surface area contributed by atoms with E-state index in [1.54, 1.807) is 6.20 Å². The molecule has 0 aliphatic heterocycles. The van der Waals surface area contributed by atoms with Gasteiger partial charge >= 0.3 is 0 Å². The Bertz CT molecular complexity index is 569. The molecule has 6 heteroatoms. The molecule has 0 aliphatic rings. The lowest BCUT2D eigenvalue weighted by atomic mass is 10.1. The highest BCUT2D eigenvalue weighted by atomic mass is 35.5. The van der Waals surface area contributed by atoms with Crippen molar-refractivity contribution in [3.63, 3.8) is 0 Å². The van der Waals surface area contributed by atoms with Crippen LogP contribution in [0.5, 0.6) is 0 Å². The molecule has 0 spiro atoms. The maximum absolute atomic E-state index is 11.9. The summed E-state index contributed by atoms with van der Waals surface area (Å²) in [4.78, 5) is 17.8. The van der Waals surface area contributed by atoms with E-state index in [0.717, 1.165) is 14.2 Å². The van der Waals surface area contributed by atoms with Crippen molar-refractivity contribution in [1.29, 1.82) is 0 Å². The van der Waals surface area contributed by atoms with E-state index in [9.17, 15) is 4.79 Å². The molecular weight excluding hydrogens is 288 g/mol. The number of amides is 1. The number of rotatable bonds is 2. The molecule has 0 atom stereocenters. The summed E-state index contributed by atoms with van der Waals surface area (Å²) in [5.74, 6) is -0.0890. The first kappa shape index (κ1) is 13.5. The van der Waals surface area contributed by atoms with E-state index in [-0.39, 0.29) is 11.4 Å². The van der Waals surface area contributed by atoms with Crippen LogP contribution < -0.4 is 5.32 Å². The third-order valence-corrected chi connectivity index (χ3v) is 4.40. The molecule has 0 aromatic carbocycles. The minimum Gasteiger partial charge on any atom is -0.347 e. The van der Waals surface area contributed by atoms with Gasteiger partial charge < -0.3 is 5.32 Å².